The molecule has 1 aliphatic rings. The van der Waals surface area contributed by atoms with Crippen LogP contribution >= 0.6 is 0 Å². The molecule has 0 spiro atoms. The van der Waals surface area contributed by atoms with Gasteiger partial charge in [-0.05, 0) is 63.4 Å². The molecule has 0 aliphatic carbocycles. The van der Waals surface area contributed by atoms with Crippen molar-refractivity contribution in [1.29, 1.82) is 0 Å². The van der Waals surface area contributed by atoms with Crippen molar-refractivity contribution < 1.29 is 14.3 Å². The zero-order chi connectivity index (χ0) is 23.4. The summed E-state index contributed by atoms with van der Waals surface area (Å²) in [6, 6.07) is 13.3. The summed E-state index contributed by atoms with van der Waals surface area (Å²) in [7, 11) is 3.78. The van der Waals surface area contributed by atoms with Gasteiger partial charge in [-0.3, -0.25) is 9.69 Å². The van der Waals surface area contributed by atoms with Crippen LogP contribution in [0, 0.1) is 0 Å². The molecule has 3 aromatic rings. The van der Waals surface area contributed by atoms with Gasteiger partial charge in [-0.2, -0.15) is 0 Å². The van der Waals surface area contributed by atoms with Crippen LogP contribution in [0.25, 0.3) is 11.0 Å². The van der Waals surface area contributed by atoms with E-state index in [-0.39, 0.29) is 12.5 Å². The number of nitrogens with zero attached hydrogens (tertiary/aromatic N) is 4. The zero-order valence-electron chi connectivity index (χ0n) is 19.9. The maximum absolute atomic E-state index is 12.4. The summed E-state index contributed by atoms with van der Waals surface area (Å²) in [6.07, 6.45) is 0. The molecule has 0 atom stereocenters. The van der Waals surface area contributed by atoms with Crippen LogP contribution in [0.15, 0.2) is 42.5 Å². The Kier molecular flexibility index (Phi) is 7.15. The molecule has 33 heavy (non-hydrogen) atoms. The number of nitrogens with one attached hydrogen (secondary N) is 1. The van der Waals surface area contributed by atoms with E-state index in [0.717, 1.165) is 55.3 Å². The average Bonchev–Trinajstić information content (AvgIpc) is 3.17. The monoisotopic (exact) mass is 451 g/mol. The maximum atomic E-state index is 12.4. The molecule has 176 valence electrons. The van der Waals surface area contributed by atoms with E-state index < -0.39 is 0 Å². The van der Waals surface area contributed by atoms with Gasteiger partial charge in [0.25, 0.3) is 5.91 Å². The topological polar surface area (TPSA) is 71.9 Å². The molecule has 0 unspecified atom stereocenters. The second-order valence-corrected chi connectivity index (χ2v) is 8.79. The number of rotatable bonds is 8. The fourth-order valence-electron chi connectivity index (χ4n) is 4.14. The Morgan fingerprint density at radius 1 is 1.06 bits per heavy atom. The summed E-state index contributed by atoms with van der Waals surface area (Å²) in [5.74, 6) is 2.21. The van der Waals surface area contributed by atoms with Crippen LogP contribution in [-0.2, 0) is 11.3 Å². The quantitative estimate of drug-likeness (QED) is 0.566. The van der Waals surface area contributed by atoms with E-state index >= 15 is 0 Å². The standard InChI is InChI=1S/C25H33N5O3/c1-18(2)30-23-10-5-19(26-25(31)17-33-21-8-6-20(32-4)7-9-21)15-22(23)27-24(30)16-29-13-11-28(3)12-14-29/h5-10,15,18H,11-14,16-17H2,1-4H3,(H,26,31). The van der Waals surface area contributed by atoms with Crippen molar-refractivity contribution in [3.63, 3.8) is 0 Å². The van der Waals surface area contributed by atoms with Crippen molar-refractivity contribution in [1.82, 2.24) is 19.4 Å². The normalized spacial score (nSPS) is 15.2. The molecule has 1 N–H and O–H groups in total. The first kappa shape index (κ1) is 23.1. The van der Waals surface area contributed by atoms with Crippen molar-refractivity contribution in [2.24, 2.45) is 0 Å². The first-order chi connectivity index (χ1) is 15.9. The highest BCUT2D eigenvalue weighted by Crippen LogP contribution is 2.25. The predicted molar refractivity (Wildman–Crippen MR) is 130 cm³/mol. The second kappa shape index (κ2) is 10.2. The molecule has 2 aromatic carbocycles. The van der Waals surface area contributed by atoms with Crippen LogP contribution < -0.4 is 14.8 Å². The van der Waals surface area contributed by atoms with E-state index in [4.69, 9.17) is 14.5 Å². The summed E-state index contributed by atoms with van der Waals surface area (Å²) in [6.45, 7) is 9.38. The lowest BCUT2D eigenvalue weighted by atomic mass is 10.2. The molecule has 1 aromatic heterocycles. The number of piperazine rings is 1. The fraction of sp³-hybridized carbons (Fsp3) is 0.440. The van der Waals surface area contributed by atoms with Crippen molar-refractivity contribution in [2.75, 3.05) is 52.3 Å². The van der Waals surface area contributed by atoms with E-state index in [1.54, 1.807) is 31.4 Å². The van der Waals surface area contributed by atoms with Gasteiger partial charge in [-0.1, -0.05) is 0 Å². The lowest BCUT2D eigenvalue weighted by Crippen LogP contribution is -2.44. The maximum Gasteiger partial charge on any atom is 0.262 e. The van der Waals surface area contributed by atoms with E-state index in [0.29, 0.717) is 17.5 Å². The van der Waals surface area contributed by atoms with E-state index in [1.807, 2.05) is 18.2 Å². The number of amides is 1. The number of hydrogen-bond acceptors (Lipinski definition) is 6. The van der Waals surface area contributed by atoms with Crippen molar-refractivity contribution >= 4 is 22.6 Å². The van der Waals surface area contributed by atoms with Gasteiger partial charge >= 0.3 is 0 Å². The molecule has 8 heteroatoms. The molecular weight excluding hydrogens is 418 g/mol. The van der Waals surface area contributed by atoms with Gasteiger partial charge in [-0.15, -0.1) is 0 Å². The Morgan fingerprint density at radius 2 is 1.76 bits per heavy atom. The summed E-state index contributed by atoms with van der Waals surface area (Å²) in [4.78, 5) is 22.2. The number of methoxy groups -OCH3 is 1. The van der Waals surface area contributed by atoms with Gasteiger partial charge in [0, 0.05) is 37.9 Å². The van der Waals surface area contributed by atoms with Crippen LogP contribution in [0.1, 0.15) is 25.7 Å². The number of fused-ring (bicyclic) bond motifs is 1. The lowest BCUT2D eigenvalue weighted by molar-refractivity contribution is -0.118. The minimum absolute atomic E-state index is 0.0700. The van der Waals surface area contributed by atoms with Crippen LogP contribution in [0.4, 0.5) is 5.69 Å². The summed E-state index contributed by atoms with van der Waals surface area (Å²) in [5.41, 5.74) is 2.69. The number of benzene rings is 2. The smallest absolute Gasteiger partial charge is 0.262 e. The van der Waals surface area contributed by atoms with E-state index in [1.165, 1.54) is 0 Å². The highest BCUT2D eigenvalue weighted by molar-refractivity contribution is 5.94. The average molecular weight is 452 g/mol. The number of anilines is 1. The van der Waals surface area contributed by atoms with Crippen LogP contribution in [0.3, 0.4) is 0 Å². The predicted octanol–water partition coefficient (Wildman–Crippen LogP) is 3.39. The molecule has 1 amide bonds. The molecule has 2 heterocycles. The molecule has 0 bridgehead atoms. The van der Waals surface area contributed by atoms with E-state index in [9.17, 15) is 4.79 Å². The fourth-order valence-corrected chi connectivity index (χ4v) is 4.14. The lowest BCUT2D eigenvalue weighted by Gasteiger charge is -2.32. The number of carbonyl (C=O) groups is 1. The molecule has 4 rings (SSSR count). The number of imidazole rings is 1. The second-order valence-electron chi connectivity index (χ2n) is 8.79. The Balaban J connectivity index is 1.43. The molecule has 1 aliphatic heterocycles. The summed E-state index contributed by atoms with van der Waals surface area (Å²) in [5, 5.41) is 2.92. The Bertz CT molecular complexity index is 1090. The molecular formula is C25H33N5O3. The van der Waals surface area contributed by atoms with Gasteiger partial charge in [0.1, 0.15) is 17.3 Å². The molecule has 8 nitrogen and oxygen atoms in total. The minimum Gasteiger partial charge on any atom is -0.497 e. The molecule has 1 fully saturated rings. The third-order valence-corrected chi connectivity index (χ3v) is 5.95. The van der Waals surface area contributed by atoms with Crippen LogP contribution in [0.5, 0.6) is 11.5 Å². The number of carbonyl (C=O) groups excluding carboxylic acids is 1. The number of ether oxygens (including phenoxy) is 2. The zero-order valence-corrected chi connectivity index (χ0v) is 19.9. The number of hydrogen-bond donors (Lipinski definition) is 1. The molecule has 1 saturated heterocycles. The van der Waals surface area contributed by atoms with Crippen LogP contribution in [0.2, 0.25) is 0 Å². The van der Waals surface area contributed by atoms with Crippen molar-refractivity contribution in [2.45, 2.75) is 26.4 Å². The van der Waals surface area contributed by atoms with Gasteiger partial charge < -0.3 is 24.3 Å². The first-order valence-corrected chi connectivity index (χ1v) is 11.4. The van der Waals surface area contributed by atoms with Gasteiger partial charge in [0.2, 0.25) is 0 Å². The van der Waals surface area contributed by atoms with Crippen LogP contribution in [-0.4, -0.2) is 72.2 Å². The van der Waals surface area contributed by atoms with E-state index in [2.05, 4.69) is 40.6 Å². The van der Waals surface area contributed by atoms with Gasteiger partial charge in [0.05, 0.1) is 24.7 Å². The highest BCUT2D eigenvalue weighted by Gasteiger charge is 2.19. The summed E-state index contributed by atoms with van der Waals surface area (Å²) < 4.78 is 13.0. The third kappa shape index (κ3) is 5.64. The van der Waals surface area contributed by atoms with Crippen molar-refractivity contribution in [3.05, 3.63) is 48.3 Å². The number of aromatic nitrogens is 2. The largest absolute Gasteiger partial charge is 0.497 e. The number of likely N-dealkylation sites (N-methyl/N-ethyl adjacent to an activating group) is 1. The Hall–Kier alpha value is -3.10. The molecule has 0 radical (unpaired) electrons. The van der Waals surface area contributed by atoms with Gasteiger partial charge in [-0.25, -0.2) is 4.98 Å². The third-order valence-electron chi connectivity index (χ3n) is 5.95. The van der Waals surface area contributed by atoms with Gasteiger partial charge in [0.15, 0.2) is 6.61 Å². The summed E-state index contributed by atoms with van der Waals surface area (Å²) >= 11 is 0. The Morgan fingerprint density at radius 3 is 2.42 bits per heavy atom. The molecule has 0 saturated carbocycles. The van der Waals surface area contributed by atoms with Crippen molar-refractivity contribution in [3.8, 4) is 11.5 Å². The first-order valence-electron chi connectivity index (χ1n) is 11.4. The minimum atomic E-state index is -0.217. The SMILES string of the molecule is COc1ccc(OCC(=O)Nc2ccc3c(c2)nc(CN2CCN(C)CC2)n3C(C)C)cc1. The Labute approximate surface area is 195 Å². The highest BCUT2D eigenvalue weighted by atomic mass is 16.5.